The Bertz CT molecular complexity index is 772. The normalized spacial score (nSPS) is 28.5. The highest BCUT2D eigenvalue weighted by atomic mass is 127. The summed E-state index contributed by atoms with van der Waals surface area (Å²) in [4.78, 5) is 4.89. The number of hydrogen-bond acceptors (Lipinski definition) is 4. The number of thiol groups is 1. The van der Waals surface area contributed by atoms with Gasteiger partial charge in [-0.1, -0.05) is 41.2 Å². The summed E-state index contributed by atoms with van der Waals surface area (Å²) >= 11 is 2.24. The molecule has 0 radical (unpaired) electrons. The number of aliphatic hydroxyl groups excluding tert-OH is 1. The summed E-state index contributed by atoms with van der Waals surface area (Å²) in [5, 5.41) is 14.4. The molecular weight excluding hydrogens is 493 g/mol. The van der Waals surface area contributed by atoms with E-state index in [1.54, 1.807) is 0 Å². The van der Waals surface area contributed by atoms with Crippen LogP contribution in [0.25, 0.3) is 0 Å². The van der Waals surface area contributed by atoms with Gasteiger partial charge in [-0.15, -0.1) is 6.58 Å². The van der Waals surface area contributed by atoms with E-state index in [4.69, 9.17) is 4.99 Å². The molecule has 1 heterocycles. The fourth-order valence-corrected chi connectivity index (χ4v) is 5.19. The van der Waals surface area contributed by atoms with Gasteiger partial charge in [0.2, 0.25) is 0 Å². The highest BCUT2D eigenvalue weighted by Gasteiger charge is 2.32. The molecule has 0 saturated heterocycles. The van der Waals surface area contributed by atoms with Crippen LogP contribution in [0, 0.1) is 15.0 Å². The second-order valence-corrected chi connectivity index (χ2v) is 11.3. The van der Waals surface area contributed by atoms with Crippen LogP contribution < -0.4 is 5.43 Å². The van der Waals surface area contributed by atoms with Crippen molar-refractivity contribution in [3.05, 3.63) is 36.6 Å². The summed E-state index contributed by atoms with van der Waals surface area (Å²) in [6, 6.07) is 0.135. The first kappa shape index (κ1) is 24.4. The van der Waals surface area contributed by atoms with E-state index in [1.807, 2.05) is 12.2 Å². The van der Waals surface area contributed by atoms with E-state index in [1.165, 1.54) is 30.5 Å². The van der Waals surface area contributed by atoms with Gasteiger partial charge in [0, 0.05) is 52.1 Å². The minimum atomic E-state index is -0.300. The monoisotopic (exact) mass is 529 g/mol. The molecule has 29 heavy (non-hydrogen) atoms. The number of nitrogens with one attached hydrogen (secondary N) is 1. The number of hydrazone groups is 1. The predicted molar refractivity (Wildman–Crippen MR) is 139 cm³/mol. The summed E-state index contributed by atoms with van der Waals surface area (Å²) in [6.07, 6.45) is 16.4. The highest BCUT2D eigenvalue weighted by molar-refractivity contribution is 14.1. The minimum Gasteiger partial charge on any atom is -0.389 e. The second-order valence-electron chi connectivity index (χ2n) is 7.98. The van der Waals surface area contributed by atoms with Crippen molar-refractivity contribution >= 4 is 44.3 Å². The molecule has 0 spiro atoms. The summed E-state index contributed by atoms with van der Waals surface area (Å²) in [6.45, 7) is 8.38. The maximum Gasteiger partial charge on any atom is 0.0737 e. The number of rotatable bonds is 9. The zero-order valence-corrected chi connectivity index (χ0v) is 21.0. The minimum absolute atomic E-state index is 0.135. The molecule has 0 saturated carbocycles. The molecule has 5 unspecified atom stereocenters. The standard InChI is InChI=1S/C23H36IN3OS/c1-5-7-8-9-19(14-25-17(3)18-10-12-20(28)13-11-18)23-21(6-2)26-27-22(23)15-29(4)16-24/h6,10,12,14,18,20-21,23,26,28-29H,2,5,7-9,11,13,15H2,1,3-4H3/b19-14+,25-17+. The van der Waals surface area contributed by atoms with Crippen LogP contribution in [0.3, 0.4) is 0 Å². The first-order valence-electron chi connectivity index (χ1n) is 10.6. The van der Waals surface area contributed by atoms with Gasteiger partial charge in [0.25, 0.3) is 0 Å². The molecule has 0 amide bonds. The van der Waals surface area contributed by atoms with Gasteiger partial charge < -0.3 is 10.5 Å². The van der Waals surface area contributed by atoms with E-state index < -0.39 is 0 Å². The van der Waals surface area contributed by atoms with E-state index in [9.17, 15) is 5.11 Å². The molecule has 4 nitrogen and oxygen atoms in total. The molecule has 162 valence electrons. The Morgan fingerprint density at radius 1 is 1.45 bits per heavy atom. The zero-order valence-electron chi connectivity index (χ0n) is 17.9. The largest absolute Gasteiger partial charge is 0.389 e. The summed E-state index contributed by atoms with van der Waals surface area (Å²) in [7, 11) is -0.281. The molecule has 2 N–H and O–H groups in total. The molecule has 0 aromatic carbocycles. The van der Waals surface area contributed by atoms with Crippen LogP contribution in [-0.4, -0.2) is 40.7 Å². The Hall–Kier alpha value is -0.820. The Balaban J connectivity index is 2.28. The SMILES string of the molecule is C=CC1NN=C(C[SH](C)#CI)C1/C(=C/N=C(\C)C1C=CC(O)CC1)CCCCC. The molecule has 5 atom stereocenters. The van der Waals surface area contributed by atoms with Crippen LogP contribution in [0.2, 0.25) is 0 Å². The smallest absolute Gasteiger partial charge is 0.0737 e. The van der Waals surface area contributed by atoms with E-state index in [0.717, 1.165) is 30.7 Å². The molecule has 0 bridgehead atoms. The number of aliphatic imine (C=N–C) groups is 1. The van der Waals surface area contributed by atoms with Gasteiger partial charge in [0.1, 0.15) is 0 Å². The topological polar surface area (TPSA) is 57.0 Å². The number of unbranched alkanes of at least 4 members (excludes halogenated alkanes) is 2. The van der Waals surface area contributed by atoms with Gasteiger partial charge in [-0.05, 0) is 44.4 Å². The molecule has 2 aliphatic rings. The molecule has 2 rings (SSSR count). The lowest BCUT2D eigenvalue weighted by atomic mass is 9.86. The van der Waals surface area contributed by atoms with Gasteiger partial charge in [0.05, 0.1) is 17.9 Å². The van der Waals surface area contributed by atoms with Crippen LogP contribution in [-0.2, 0) is 0 Å². The fraction of sp³-hybridized carbons (Fsp3) is 0.609. The van der Waals surface area contributed by atoms with E-state index in [-0.39, 0.29) is 28.4 Å². The van der Waals surface area contributed by atoms with Crippen molar-refractivity contribution in [2.45, 2.75) is 64.5 Å². The van der Waals surface area contributed by atoms with Crippen LogP contribution in [0.1, 0.15) is 52.4 Å². The number of halogens is 1. The molecule has 0 aromatic heterocycles. The summed E-state index contributed by atoms with van der Waals surface area (Å²) in [5.74, 6) is 1.53. The van der Waals surface area contributed by atoms with Gasteiger partial charge in [-0.3, -0.25) is 4.99 Å². The lowest BCUT2D eigenvalue weighted by Gasteiger charge is -2.22. The van der Waals surface area contributed by atoms with Crippen LogP contribution in [0.4, 0.5) is 0 Å². The number of aliphatic hydroxyl groups is 1. The fourth-order valence-electron chi connectivity index (χ4n) is 3.86. The predicted octanol–water partition coefficient (Wildman–Crippen LogP) is 5.35. The van der Waals surface area contributed by atoms with Crippen molar-refractivity contribution < 1.29 is 5.11 Å². The van der Waals surface area contributed by atoms with Crippen molar-refractivity contribution in [1.29, 1.82) is 0 Å². The lowest BCUT2D eigenvalue weighted by molar-refractivity contribution is 0.200. The van der Waals surface area contributed by atoms with Gasteiger partial charge in [0.15, 0.2) is 0 Å². The van der Waals surface area contributed by atoms with E-state index in [0.29, 0.717) is 5.92 Å². The van der Waals surface area contributed by atoms with Crippen LogP contribution in [0.5, 0.6) is 0 Å². The highest BCUT2D eigenvalue weighted by Crippen LogP contribution is 2.30. The van der Waals surface area contributed by atoms with E-state index in [2.05, 4.69) is 75.3 Å². The zero-order chi connectivity index (χ0) is 21.2. The molecule has 1 aliphatic carbocycles. The molecule has 1 aliphatic heterocycles. The van der Waals surface area contributed by atoms with Crippen molar-refractivity contribution in [2.24, 2.45) is 21.9 Å². The van der Waals surface area contributed by atoms with Crippen molar-refractivity contribution in [3.8, 4) is 3.19 Å². The maximum atomic E-state index is 9.70. The number of allylic oxidation sites excluding steroid dienone is 1. The first-order chi connectivity index (χ1) is 14.0. The molecular formula is C23H36IN3OS. The molecule has 0 aromatic rings. The van der Waals surface area contributed by atoms with Gasteiger partial charge >= 0.3 is 0 Å². The first-order valence-corrected chi connectivity index (χ1v) is 13.7. The third kappa shape index (κ3) is 7.42. The summed E-state index contributed by atoms with van der Waals surface area (Å²) < 4.78 is 3.36. The molecule has 0 fully saturated rings. The average Bonchev–Trinajstić information content (AvgIpc) is 3.13. The van der Waals surface area contributed by atoms with Crippen LogP contribution >= 0.6 is 32.9 Å². The van der Waals surface area contributed by atoms with Gasteiger partial charge in [-0.25, -0.2) is 0 Å². The van der Waals surface area contributed by atoms with Crippen molar-refractivity contribution in [3.63, 3.8) is 0 Å². The quantitative estimate of drug-likeness (QED) is 0.124. The summed E-state index contributed by atoms with van der Waals surface area (Å²) in [5.41, 5.74) is 6.96. The Kier molecular flexibility index (Phi) is 10.8. The van der Waals surface area contributed by atoms with Gasteiger partial charge in [-0.2, -0.15) is 15.4 Å². The van der Waals surface area contributed by atoms with Crippen molar-refractivity contribution in [2.75, 3.05) is 12.0 Å². The second kappa shape index (κ2) is 12.8. The average molecular weight is 530 g/mol. The third-order valence-corrected chi connectivity index (χ3v) is 9.21. The Morgan fingerprint density at radius 3 is 2.86 bits per heavy atom. The maximum absolute atomic E-state index is 9.70. The Morgan fingerprint density at radius 2 is 2.24 bits per heavy atom. The number of nitrogens with zero attached hydrogens (tertiary/aromatic N) is 2. The third-order valence-electron chi connectivity index (χ3n) is 5.65. The van der Waals surface area contributed by atoms with Crippen molar-refractivity contribution in [1.82, 2.24) is 5.43 Å². The molecule has 6 heteroatoms. The number of hydrogen-bond donors (Lipinski definition) is 3. The lowest BCUT2D eigenvalue weighted by Crippen LogP contribution is -2.30. The van der Waals surface area contributed by atoms with Crippen LogP contribution in [0.15, 0.2) is 46.7 Å². The van der Waals surface area contributed by atoms with E-state index >= 15 is 0 Å². The Labute approximate surface area is 192 Å².